The fourth-order valence-electron chi connectivity index (χ4n) is 2.76. The highest BCUT2D eigenvalue weighted by atomic mass is 19.1. The standard InChI is InChI=1S/C18H17FN6O2/c1-20-14-7-16(22-11-4-2-3-10(5-11)9-26)24-25-15(8-21-17(14)25)18(27)23-13-6-12(13)19/h2-5,7-9,12-13,20H,6H2,1H3,(H,22,24)(H,23,27)/t12-,13+/m0/s1. The minimum Gasteiger partial charge on any atom is -0.385 e. The summed E-state index contributed by atoms with van der Waals surface area (Å²) in [6, 6.07) is 8.24. The molecule has 0 bridgehead atoms. The fourth-order valence-corrected chi connectivity index (χ4v) is 2.76. The Balaban J connectivity index is 1.69. The van der Waals surface area contributed by atoms with E-state index in [9.17, 15) is 14.0 Å². The van der Waals surface area contributed by atoms with Gasteiger partial charge in [-0.15, -0.1) is 5.10 Å². The molecule has 3 aromatic rings. The number of hydrogen-bond donors (Lipinski definition) is 3. The highest BCUT2D eigenvalue weighted by molar-refractivity contribution is 5.94. The SMILES string of the molecule is CNc1cc(Nc2cccc(C=O)c2)nn2c(C(=O)N[C@@H]3C[C@@H]3F)cnc12. The van der Waals surface area contributed by atoms with E-state index in [4.69, 9.17) is 0 Å². The largest absolute Gasteiger partial charge is 0.385 e. The first-order valence-electron chi connectivity index (χ1n) is 8.43. The highest BCUT2D eigenvalue weighted by Crippen LogP contribution is 2.26. The number of carbonyl (C=O) groups excluding carboxylic acids is 2. The Morgan fingerprint density at radius 2 is 2.19 bits per heavy atom. The molecule has 4 rings (SSSR count). The van der Waals surface area contributed by atoms with Crippen molar-refractivity contribution in [3.63, 3.8) is 0 Å². The molecule has 0 radical (unpaired) electrons. The molecule has 1 fully saturated rings. The van der Waals surface area contributed by atoms with Gasteiger partial charge in [0.2, 0.25) is 0 Å². The lowest BCUT2D eigenvalue weighted by atomic mass is 10.2. The second-order valence-electron chi connectivity index (χ2n) is 6.27. The van der Waals surface area contributed by atoms with E-state index in [1.165, 1.54) is 10.7 Å². The van der Waals surface area contributed by atoms with Gasteiger partial charge in [-0.2, -0.15) is 0 Å². The molecule has 0 aliphatic heterocycles. The number of alkyl halides is 1. The van der Waals surface area contributed by atoms with E-state index < -0.39 is 18.1 Å². The van der Waals surface area contributed by atoms with Gasteiger partial charge in [0.05, 0.1) is 17.9 Å². The number of halogens is 1. The van der Waals surface area contributed by atoms with Crippen molar-refractivity contribution >= 4 is 35.0 Å². The molecule has 0 unspecified atom stereocenters. The Kier molecular flexibility index (Phi) is 4.19. The topological polar surface area (TPSA) is 100 Å². The van der Waals surface area contributed by atoms with Gasteiger partial charge in [0.1, 0.15) is 12.5 Å². The molecule has 0 saturated heterocycles. The first kappa shape index (κ1) is 17.0. The molecule has 2 atom stereocenters. The van der Waals surface area contributed by atoms with Crippen molar-refractivity contribution in [1.82, 2.24) is 19.9 Å². The van der Waals surface area contributed by atoms with E-state index in [1.807, 2.05) is 0 Å². The number of aromatic nitrogens is 3. The summed E-state index contributed by atoms with van der Waals surface area (Å²) in [5, 5.41) is 13.2. The van der Waals surface area contributed by atoms with Crippen molar-refractivity contribution in [2.75, 3.05) is 17.7 Å². The van der Waals surface area contributed by atoms with E-state index in [2.05, 4.69) is 26.0 Å². The molecular weight excluding hydrogens is 351 g/mol. The van der Waals surface area contributed by atoms with Crippen molar-refractivity contribution < 1.29 is 14.0 Å². The van der Waals surface area contributed by atoms with Crippen LogP contribution in [0.4, 0.5) is 21.6 Å². The first-order chi connectivity index (χ1) is 13.1. The van der Waals surface area contributed by atoms with Crippen LogP contribution in [0.2, 0.25) is 0 Å². The number of amides is 1. The molecule has 1 amide bonds. The Bertz CT molecular complexity index is 1030. The second-order valence-corrected chi connectivity index (χ2v) is 6.27. The maximum absolute atomic E-state index is 13.1. The van der Waals surface area contributed by atoms with E-state index in [-0.39, 0.29) is 5.69 Å². The van der Waals surface area contributed by atoms with E-state index in [1.54, 1.807) is 37.4 Å². The lowest BCUT2D eigenvalue weighted by molar-refractivity contribution is 0.0940. The maximum Gasteiger partial charge on any atom is 0.271 e. The second kappa shape index (κ2) is 6.67. The Morgan fingerprint density at radius 1 is 1.37 bits per heavy atom. The van der Waals surface area contributed by atoms with Gasteiger partial charge in [-0.3, -0.25) is 9.59 Å². The number of nitrogens with zero attached hydrogens (tertiary/aromatic N) is 3. The Morgan fingerprint density at radius 3 is 2.89 bits per heavy atom. The lowest BCUT2D eigenvalue weighted by Gasteiger charge is -2.10. The van der Waals surface area contributed by atoms with Gasteiger partial charge in [0.15, 0.2) is 17.2 Å². The third kappa shape index (κ3) is 3.31. The van der Waals surface area contributed by atoms with Gasteiger partial charge in [-0.05, 0) is 12.1 Å². The summed E-state index contributed by atoms with van der Waals surface area (Å²) in [6.45, 7) is 0. The number of anilines is 3. The van der Waals surface area contributed by atoms with Crippen LogP contribution in [0.25, 0.3) is 5.65 Å². The van der Waals surface area contributed by atoms with Crippen LogP contribution in [-0.2, 0) is 0 Å². The number of imidazole rings is 1. The average Bonchev–Trinajstić information content (AvgIpc) is 3.19. The number of aldehydes is 1. The first-order valence-corrected chi connectivity index (χ1v) is 8.43. The lowest BCUT2D eigenvalue weighted by Crippen LogP contribution is -2.28. The van der Waals surface area contributed by atoms with Crippen LogP contribution in [0.1, 0.15) is 27.3 Å². The minimum atomic E-state index is -0.990. The van der Waals surface area contributed by atoms with Gasteiger partial charge in [0, 0.05) is 30.8 Å². The third-order valence-electron chi connectivity index (χ3n) is 4.29. The molecule has 8 nitrogen and oxygen atoms in total. The monoisotopic (exact) mass is 368 g/mol. The van der Waals surface area contributed by atoms with E-state index in [0.717, 1.165) is 6.29 Å². The molecule has 1 aromatic carbocycles. The summed E-state index contributed by atoms with van der Waals surface area (Å²) >= 11 is 0. The van der Waals surface area contributed by atoms with Crippen molar-refractivity contribution in [3.8, 4) is 0 Å². The van der Waals surface area contributed by atoms with Gasteiger partial charge >= 0.3 is 0 Å². The molecule has 27 heavy (non-hydrogen) atoms. The minimum absolute atomic E-state index is 0.214. The van der Waals surface area contributed by atoms with Gasteiger partial charge in [0.25, 0.3) is 5.91 Å². The van der Waals surface area contributed by atoms with Crippen molar-refractivity contribution in [1.29, 1.82) is 0 Å². The molecule has 2 aromatic heterocycles. The molecule has 1 aliphatic rings. The molecule has 138 valence electrons. The molecule has 1 saturated carbocycles. The molecule has 3 N–H and O–H groups in total. The highest BCUT2D eigenvalue weighted by Gasteiger charge is 2.39. The number of rotatable bonds is 6. The number of carbonyl (C=O) groups is 2. The number of benzene rings is 1. The smallest absolute Gasteiger partial charge is 0.271 e. The van der Waals surface area contributed by atoms with Crippen LogP contribution >= 0.6 is 0 Å². The fraction of sp³-hybridized carbons (Fsp3) is 0.222. The quantitative estimate of drug-likeness (QED) is 0.577. The molecule has 9 heteroatoms. The Labute approximate surface area is 153 Å². The van der Waals surface area contributed by atoms with E-state index >= 15 is 0 Å². The number of nitrogens with one attached hydrogen (secondary N) is 3. The molecular formula is C18H17FN6O2. The van der Waals surface area contributed by atoms with Crippen LogP contribution in [0.5, 0.6) is 0 Å². The van der Waals surface area contributed by atoms with Crippen LogP contribution in [0.15, 0.2) is 36.5 Å². The zero-order chi connectivity index (χ0) is 19.0. The number of hydrogen-bond acceptors (Lipinski definition) is 6. The summed E-state index contributed by atoms with van der Waals surface area (Å²) < 4.78 is 14.5. The zero-order valence-electron chi connectivity index (χ0n) is 14.4. The van der Waals surface area contributed by atoms with E-state index in [0.29, 0.717) is 34.8 Å². The summed E-state index contributed by atoms with van der Waals surface area (Å²) in [7, 11) is 1.73. The molecule has 1 aliphatic carbocycles. The summed E-state index contributed by atoms with van der Waals surface area (Å²) in [5.74, 6) is 0.0269. The van der Waals surface area contributed by atoms with Crippen molar-refractivity contribution in [2.24, 2.45) is 0 Å². The van der Waals surface area contributed by atoms with Gasteiger partial charge in [-0.1, -0.05) is 12.1 Å². The van der Waals surface area contributed by atoms with Crippen molar-refractivity contribution in [3.05, 3.63) is 47.8 Å². The average molecular weight is 368 g/mol. The molecule has 0 spiro atoms. The number of fused-ring (bicyclic) bond motifs is 1. The normalized spacial score (nSPS) is 18.1. The predicted octanol–water partition coefficient (Wildman–Crippen LogP) is 2.17. The van der Waals surface area contributed by atoms with Crippen LogP contribution in [-0.4, -0.2) is 46.1 Å². The van der Waals surface area contributed by atoms with Crippen LogP contribution in [0.3, 0.4) is 0 Å². The predicted molar refractivity (Wildman–Crippen MR) is 98.4 cm³/mol. The van der Waals surface area contributed by atoms with Crippen LogP contribution in [0, 0.1) is 0 Å². The molecule has 2 heterocycles. The Hall–Kier alpha value is -3.49. The summed E-state index contributed by atoms with van der Waals surface area (Å²) in [4.78, 5) is 27.6. The van der Waals surface area contributed by atoms with Gasteiger partial charge in [-0.25, -0.2) is 13.9 Å². The van der Waals surface area contributed by atoms with Gasteiger partial charge < -0.3 is 16.0 Å². The van der Waals surface area contributed by atoms with Crippen LogP contribution < -0.4 is 16.0 Å². The summed E-state index contributed by atoms with van der Waals surface area (Å²) in [6.07, 6.45) is 1.51. The summed E-state index contributed by atoms with van der Waals surface area (Å²) in [5.41, 5.74) is 2.56. The maximum atomic E-state index is 13.1. The van der Waals surface area contributed by atoms with Crippen molar-refractivity contribution in [2.45, 2.75) is 18.6 Å². The zero-order valence-corrected chi connectivity index (χ0v) is 14.4. The third-order valence-corrected chi connectivity index (χ3v) is 4.29.